The zero-order valence-corrected chi connectivity index (χ0v) is 15.3. The second kappa shape index (κ2) is 6.38. The predicted octanol–water partition coefficient (Wildman–Crippen LogP) is 0.999. The molecule has 0 aromatic heterocycles. The Morgan fingerprint density at radius 3 is 2.48 bits per heavy atom. The van der Waals surface area contributed by atoms with Crippen molar-refractivity contribution in [2.24, 2.45) is 5.92 Å². The maximum atomic E-state index is 12.9. The molecule has 0 unspecified atom stereocenters. The van der Waals surface area contributed by atoms with Crippen LogP contribution in [0.15, 0.2) is 30.3 Å². The molecule has 1 N–H and O–H groups in total. The minimum absolute atomic E-state index is 0.0309. The molecule has 2 aliphatic heterocycles. The molecule has 0 bridgehead atoms. The summed E-state index contributed by atoms with van der Waals surface area (Å²) in [6.45, 7) is 3.49. The van der Waals surface area contributed by atoms with Crippen LogP contribution in [0, 0.1) is 5.92 Å². The molecule has 2 heterocycles. The van der Waals surface area contributed by atoms with E-state index in [9.17, 15) is 9.90 Å². The van der Waals surface area contributed by atoms with Crippen molar-refractivity contribution in [3.8, 4) is 0 Å². The van der Waals surface area contributed by atoms with E-state index >= 15 is 0 Å². The Kier molecular flexibility index (Phi) is 4.34. The molecular weight excluding hydrogens is 314 g/mol. The molecule has 2 saturated heterocycles. The maximum absolute atomic E-state index is 12.9. The summed E-state index contributed by atoms with van der Waals surface area (Å²) in [5.74, 6) is 1.25. The zero-order chi connectivity index (χ0) is 17.6. The lowest BCUT2D eigenvalue weighted by Gasteiger charge is -2.71. The number of carbonyl (C=O) groups excluding carboxylic acids is 1. The number of aliphatic hydroxyl groups excluding tert-OH is 1. The van der Waals surface area contributed by atoms with Gasteiger partial charge in [0.15, 0.2) is 0 Å². The first-order valence-electron chi connectivity index (χ1n) is 9.40. The molecule has 3 fully saturated rings. The first kappa shape index (κ1) is 17.0. The van der Waals surface area contributed by atoms with Crippen molar-refractivity contribution in [2.75, 3.05) is 46.9 Å². The monoisotopic (exact) mass is 343 g/mol. The Bertz CT molecular complexity index is 623. The van der Waals surface area contributed by atoms with Gasteiger partial charge in [-0.15, -0.1) is 0 Å². The van der Waals surface area contributed by atoms with Crippen LogP contribution in [0.25, 0.3) is 0 Å². The highest BCUT2D eigenvalue weighted by Crippen LogP contribution is 2.54. The van der Waals surface area contributed by atoms with Gasteiger partial charge in [-0.3, -0.25) is 9.69 Å². The fraction of sp³-hybridized carbons (Fsp3) is 0.650. The molecule has 1 aromatic carbocycles. The molecule has 1 aliphatic carbocycles. The lowest BCUT2D eigenvalue weighted by atomic mass is 9.60. The highest BCUT2D eigenvalue weighted by molar-refractivity contribution is 5.82. The minimum Gasteiger partial charge on any atom is -0.394 e. The van der Waals surface area contributed by atoms with E-state index < -0.39 is 0 Å². The second-order valence-corrected chi connectivity index (χ2v) is 8.36. The van der Waals surface area contributed by atoms with Crippen molar-refractivity contribution in [3.05, 3.63) is 35.9 Å². The van der Waals surface area contributed by atoms with Gasteiger partial charge < -0.3 is 14.9 Å². The summed E-state index contributed by atoms with van der Waals surface area (Å²) >= 11 is 0. The standard InChI is InChI=1S/C20H29N3O2/c1-21(2)11-18(25)23-17(12-24)19(16-6-4-3-5-7-16)20(23)13-22(14-20)10-15-8-9-15/h3-7,15,17,19,24H,8-14H2,1-2H3/t17-,19-/m0/s1. The molecule has 1 spiro atoms. The zero-order valence-electron chi connectivity index (χ0n) is 15.3. The van der Waals surface area contributed by atoms with Gasteiger partial charge in [0.2, 0.25) is 5.91 Å². The van der Waals surface area contributed by atoms with Crippen LogP contribution in [-0.4, -0.2) is 84.2 Å². The Hall–Kier alpha value is -1.43. The largest absolute Gasteiger partial charge is 0.394 e. The highest BCUT2D eigenvalue weighted by atomic mass is 16.3. The summed E-state index contributed by atoms with van der Waals surface area (Å²) < 4.78 is 0. The van der Waals surface area contributed by atoms with Gasteiger partial charge in [0.25, 0.3) is 0 Å². The van der Waals surface area contributed by atoms with Crippen LogP contribution in [0.2, 0.25) is 0 Å². The summed E-state index contributed by atoms with van der Waals surface area (Å²) in [6, 6.07) is 10.3. The third-order valence-corrected chi connectivity index (χ3v) is 6.05. The fourth-order valence-corrected chi connectivity index (χ4v) is 4.94. The smallest absolute Gasteiger partial charge is 0.237 e. The van der Waals surface area contributed by atoms with Crippen LogP contribution in [0.1, 0.15) is 24.3 Å². The fourth-order valence-electron chi connectivity index (χ4n) is 4.94. The van der Waals surface area contributed by atoms with Crippen molar-refractivity contribution in [2.45, 2.75) is 30.3 Å². The number of rotatable bonds is 6. The van der Waals surface area contributed by atoms with Crippen LogP contribution < -0.4 is 0 Å². The van der Waals surface area contributed by atoms with E-state index in [2.05, 4.69) is 29.2 Å². The SMILES string of the molecule is CN(C)CC(=O)N1[C@@H](CO)[C@H](c2ccccc2)C12CN(CC1CC1)C2. The lowest BCUT2D eigenvalue weighted by Crippen LogP contribution is -2.86. The third-order valence-electron chi connectivity index (χ3n) is 6.05. The number of carbonyl (C=O) groups is 1. The number of hydrogen-bond acceptors (Lipinski definition) is 4. The average molecular weight is 343 g/mol. The predicted molar refractivity (Wildman–Crippen MR) is 97.4 cm³/mol. The lowest BCUT2D eigenvalue weighted by molar-refractivity contribution is -0.201. The molecular formula is C20H29N3O2. The van der Waals surface area contributed by atoms with E-state index in [0.29, 0.717) is 6.54 Å². The number of aliphatic hydroxyl groups is 1. The Balaban J connectivity index is 1.58. The summed E-state index contributed by atoms with van der Waals surface area (Å²) in [5, 5.41) is 10.0. The number of likely N-dealkylation sites (N-methyl/N-ethyl adjacent to an activating group) is 1. The Morgan fingerprint density at radius 1 is 1.24 bits per heavy atom. The van der Waals surface area contributed by atoms with Crippen LogP contribution in [0.5, 0.6) is 0 Å². The van der Waals surface area contributed by atoms with E-state index in [1.807, 2.05) is 30.0 Å². The quantitative estimate of drug-likeness (QED) is 0.837. The molecule has 5 heteroatoms. The molecule has 1 aromatic rings. The number of amides is 1. The van der Waals surface area contributed by atoms with Gasteiger partial charge in [0.05, 0.1) is 24.7 Å². The van der Waals surface area contributed by atoms with Gasteiger partial charge in [0, 0.05) is 25.6 Å². The molecule has 0 radical (unpaired) electrons. The molecule has 25 heavy (non-hydrogen) atoms. The summed E-state index contributed by atoms with van der Waals surface area (Å²) in [5.41, 5.74) is 1.12. The average Bonchev–Trinajstić information content (AvgIpc) is 3.33. The van der Waals surface area contributed by atoms with Crippen LogP contribution >= 0.6 is 0 Å². The van der Waals surface area contributed by atoms with Crippen molar-refractivity contribution in [1.82, 2.24) is 14.7 Å². The number of benzene rings is 1. The van der Waals surface area contributed by atoms with Crippen molar-refractivity contribution in [1.29, 1.82) is 0 Å². The van der Waals surface area contributed by atoms with Crippen molar-refractivity contribution >= 4 is 5.91 Å². The molecule has 1 saturated carbocycles. The van der Waals surface area contributed by atoms with Crippen LogP contribution in [0.3, 0.4) is 0 Å². The summed E-state index contributed by atoms with van der Waals surface area (Å²) in [7, 11) is 3.85. The van der Waals surface area contributed by atoms with Crippen molar-refractivity contribution < 1.29 is 9.90 Å². The van der Waals surface area contributed by atoms with Gasteiger partial charge in [-0.05, 0) is 38.4 Å². The molecule has 2 atom stereocenters. The summed E-state index contributed by atoms with van der Waals surface area (Å²) in [6.07, 6.45) is 2.71. The molecule has 4 rings (SSSR count). The van der Waals surface area contributed by atoms with E-state index in [4.69, 9.17) is 0 Å². The Labute approximate surface area is 150 Å². The maximum Gasteiger partial charge on any atom is 0.237 e. The first-order valence-corrected chi connectivity index (χ1v) is 9.40. The number of hydrogen-bond donors (Lipinski definition) is 1. The molecule has 136 valence electrons. The van der Waals surface area contributed by atoms with Crippen molar-refractivity contribution in [3.63, 3.8) is 0 Å². The highest BCUT2D eigenvalue weighted by Gasteiger charge is 2.67. The molecule has 5 nitrogen and oxygen atoms in total. The van der Waals surface area contributed by atoms with Crippen LogP contribution in [-0.2, 0) is 4.79 Å². The minimum atomic E-state index is -0.128. The third kappa shape index (κ3) is 2.88. The molecule has 3 aliphatic rings. The van der Waals surface area contributed by atoms with Gasteiger partial charge in [-0.25, -0.2) is 0 Å². The van der Waals surface area contributed by atoms with Gasteiger partial charge in [-0.2, -0.15) is 0 Å². The van der Waals surface area contributed by atoms with E-state index in [-0.39, 0.29) is 30.0 Å². The first-order chi connectivity index (χ1) is 12.0. The van der Waals surface area contributed by atoms with Gasteiger partial charge >= 0.3 is 0 Å². The number of nitrogens with zero attached hydrogens (tertiary/aromatic N) is 3. The normalized spacial score (nSPS) is 28.1. The van der Waals surface area contributed by atoms with Gasteiger partial charge in [-0.1, -0.05) is 30.3 Å². The molecule has 1 amide bonds. The van der Waals surface area contributed by atoms with E-state index in [1.54, 1.807) is 0 Å². The van der Waals surface area contributed by atoms with Crippen LogP contribution in [0.4, 0.5) is 0 Å². The summed E-state index contributed by atoms with van der Waals surface area (Å²) in [4.78, 5) is 19.3. The topological polar surface area (TPSA) is 47.0 Å². The van der Waals surface area contributed by atoms with Gasteiger partial charge in [0.1, 0.15) is 0 Å². The Morgan fingerprint density at radius 2 is 1.92 bits per heavy atom. The van der Waals surface area contributed by atoms with E-state index in [0.717, 1.165) is 19.0 Å². The second-order valence-electron chi connectivity index (χ2n) is 8.36. The van der Waals surface area contributed by atoms with E-state index in [1.165, 1.54) is 24.9 Å². The number of likely N-dealkylation sites (tertiary alicyclic amines) is 2.